The Morgan fingerprint density at radius 2 is 2.12 bits per heavy atom. The number of nitrogens with one attached hydrogen (secondary N) is 1. The van der Waals surface area contributed by atoms with E-state index in [1.165, 1.54) is 5.56 Å². The summed E-state index contributed by atoms with van der Waals surface area (Å²) < 4.78 is 5.21. The van der Waals surface area contributed by atoms with Gasteiger partial charge in [-0.15, -0.1) is 0 Å². The molecule has 0 aliphatic heterocycles. The zero-order valence-electron chi connectivity index (χ0n) is 11.2. The van der Waals surface area contributed by atoms with Crippen molar-refractivity contribution in [2.75, 3.05) is 25.6 Å². The second-order valence-electron chi connectivity index (χ2n) is 4.86. The maximum Gasteiger partial charge on any atom is 0.120 e. The van der Waals surface area contributed by atoms with Gasteiger partial charge >= 0.3 is 0 Å². The van der Waals surface area contributed by atoms with Crippen molar-refractivity contribution in [2.45, 2.75) is 27.2 Å². The molecule has 0 bridgehead atoms. The van der Waals surface area contributed by atoms with Crippen molar-refractivity contribution in [3.05, 3.63) is 23.8 Å². The molecule has 0 heterocycles. The van der Waals surface area contributed by atoms with Crippen molar-refractivity contribution < 1.29 is 9.84 Å². The third kappa shape index (κ3) is 3.63. The molecule has 0 saturated heterocycles. The smallest absolute Gasteiger partial charge is 0.120 e. The number of rotatable bonds is 6. The van der Waals surface area contributed by atoms with Gasteiger partial charge in [0.15, 0.2) is 0 Å². The van der Waals surface area contributed by atoms with E-state index in [0.29, 0.717) is 0 Å². The molecule has 17 heavy (non-hydrogen) atoms. The van der Waals surface area contributed by atoms with Crippen molar-refractivity contribution >= 4 is 5.69 Å². The predicted octanol–water partition coefficient (Wildman–Crippen LogP) is 2.82. The lowest BCUT2D eigenvalue weighted by Crippen LogP contribution is -2.29. The van der Waals surface area contributed by atoms with Gasteiger partial charge in [-0.1, -0.05) is 19.9 Å². The van der Waals surface area contributed by atoms with E-state index in [0.717, 1.165) is 24.4 Å². The number of methoxy groups -OCH3 is 1. The summed E-state index contributed by atoms with van der Waals surface area (Å²) in [6, 6.07) is 5.97. The van der Waals surface area contributed by atoms with Gasteiger partial charge in [-0.05, 0) is 25.0 Å². The fraction of sp³-hybridized carbons (Fsp3) is 0.571. The fourth-order valence-corrected chi connectivity index (χ4v) is 1.52. The summed E-state index contributed by atoms with van der Waals surface area (Å²) in [6.07, 6.45) is 0.944. The Hall–Kier alpha value is -1.22. The van der Waals surface area contributed by atoms with Gasteiger partial charge < -0.3 is 15.2 Å². The standard InChI is InChI=1S/C14H23NO2/c1-5-14(3,10-16)9-15-13-8-12(17-4)7-6-11(13)2/h6-8,15-16H,5,9-10H2,1-4H3. The molecule has 0 amide bonds. The summed E-state index contributed by atoms with van der Waals surface area (Å²) in [6.45, 7) is 7.18. The van der Waals surface area contributed by atoms with Crippen LogP contribution in [0.15, 0.2) is 18.2 Å². The minimum absolute atomic E-state index is 0.0739. The van der Waals surface area contributed by atoms with Crippen LogP contribution in [0.25, 0.3) is 0 Å². The Morgan fingerprint density at radius 1 is 1.41 bits per heavy atom. The summed E-state index contributed by atoms with van der Waals surface area (Å²) in [4.78, 5) is 0. The number of ether oxygens (including phenoxy) is 1. The molecule has 1 aromatic rings. The van der Waals surface area contributed by atoms with E-state index in [1.807, 2.05) is 18.2 Å². The molecule has 1 atom stereocenters. The highest BCUT2D eigenvalue weighted by atomic mass is 16.5. The first-order chi connectivity index (χ1) is 8.04. The normalized spacial score (nSPS) is 14.2. The lowest BCUT2D eigenvalue weighted by Gasteiger charge is -2.27. The average Bonchev–Trinajstić information content (AvgIpc) is 2.37. The van der Waals surface area contributed by atoms with Gasteiger partial charge in [0, 0.05) is 23.7 Å². The molecular weight excluding hydrogens is 214 g/mol. The fourth-order valence-electron chi connectivity index (χ4n) is 1.52. The second kappa shape index (κ2) is 5.92. The predicted molar refractivity (Wildman–Crippen MR) is 71.7 cm³/mol. The van der Waals surface area contributed by atoms with Crippen LogP contribution in [0.1, 0.15) is 25.8 Å². The minimum atomic E-state index is -0.0739. The first-order valence-electron chi connectivity index (χ1n) is 6.04. The van der Waals surface area contributed by atoms with Crippen LogP contribution < -0.4 is 10.1 Å². The highest BCUT2D eigenvalue weighted by Crippen LogP contribution is 2.25. The molecule has 0 aliphatic rings. The first-order valence-corrected chi connectivity index (χ1v) is 6.04. The van der Waals surface area contributed by atoms with Crippen LogP contribution in [0.2, 0.25) is 0 Å². The van der Waals surface area contributed by atoms with E-state index in [1.54, 1.807) is 7.11 Å². The van der Waals surface area contributed by atoms with E-state index in [9.17, 15) is 5.11 Å². The quantitative estimate of drug-likeness (QED) is 0.799. The molecule has 0 spiro atoms. The van der Waals surface area contributed by atoms with Gasteiger partial charge in [0.25, 0.3) is 0 Å². The van der Waals surface area contributed by atoms with Gasteiger partial charge in [0.2, 0.25) is 0 Å². The van der Waals surface area contributed by atoms with Crippen molar-refractivity contribution in [1.29, 1.82) is 0 Å². The van der Waals surface area contributed by atoms with Gasteiger partial charge in [-0.2, -0.15) is 0 Å². The monoisotopic (exact) mass is 237 g/mol. The Morgan fingerprint density at radius 3 is 2.65 bits per heavy atom. The maximum atomic E-state index is 9.37. The second-order valence-corrected chi connectivity index (χ2v) is 4.86. The maximum absolute atomic E-state index is 9.37. The lowest BCUT2D eigenvalue weighted by molar-refractivity contribution is 0.149. The largest absolute Gasteiger partial charge is 0.497 e. The van der Waals surface area contributed by atoms with Gasteiger partial charge in [-0.25, -0.2) is 0 Å². The van der Waals surface area contributed by atoms with Gasteiger partial charge in [0.05, 0.1) is 13.7 Å². The van der Waals surface area contributed by atoms with Gasteiger partial charge in [-0.3, -0.25) is 0 Å². The zero-order chi connectivity index (χ0) is 12.9. The Balaban J connectivity index is 2.74. The molecule has 3 heteroatoms. The molecule has 0 aromatic heterocycles. The minimum Gasteiger partial charge on any atom is -0.497 e. The Labute approximate surface area is 104 Å². The topological polar surface area (TPSA) is 41.5 Å². The number of hydrogen-bond donors (Lipinski definition) is 2. The Kier molecular flexibility index (Phi) is 4.82. The molecule has 0 radical (unpaired) electrons. The molecule has 1 unspecified atom stereocenters. The molecular formula is C14H23NO2. The third-order valence-electron chi connectivity index (χ3n) is 3.39. The molecule has 0 aliphatic carbocycles. The molecule has 0 saturated carbocycles. The summed E-state index contributed by atoms with van der Waals surface area (Å²) in [5.41, 5.74) is 2.18. The van der Waals surface area contributed by atoms with Crippen LogP contribution in [0.5, 0.6) is 5.75 Å². The van der Waals surface area contributed by atoms with Crippen LogP contribution in [-0.2, 0) is 0 Å². The van der Waals surface area contributed by atoms with E-state index < -0.39 is 0 Å². The molecule has 2 N–H and O–H groups in total. The van der Waals surface area contributed by atoms with Gasteiger partial charge in [0.1, 0.15) is 5.75 Å². The van der Waals surface area contributed by atoms with Crippen molar-refractivity contribution in [1.82, 2.24) is 0 Å². The average molecular weight is 237 g/mol. The number of aryl methyl sites for hydroxylation is 1. The number of hydrogen-bond acceptors (Lipinski definition) is 3. The molecule has 0 fully saturated rings. The van der Waals surface area contributed by atoms with Crippen LogP contribution in [0.4, 0.5) is 5.69 Å². The Bertz CT molecular complexity index is 359. The van der Waals surface area contributed by atoms with Crippen molar-refractivity contribution in [3.8, 4) is 5.75 Å². The summed E-state index contributed by atoms with van der Waals surface area (Å²) in [5.74, 6) is 0.848. The number of anilines is 1. The highest BCUT2D eigenvalue weighted by Gasteiger charge is 2.20. The summed E-state index contributed by atoms with van der Waals surface area (Å²) in [5, 5.41) is 12.8. The highest BCUT2D eigenvalue weighted by molar-refractivity contribution is 5.54. The SMILES string of the molecule is CCC(C)(CO)CNc1cc(OC)ccc1C. The van der Waals surface area contributed by atoms with Crippen molar-refractivity contribution in [2.24, 2.45) is 5.41 Å². The van der Waals surface area contributed by atoms with Crippen LogP contribution >= 0.6 is 0 Å². The first kappa shape index (κ1) is 13.8. The molecule has 3 nitrogen and oxygen atoms in total. The molecule has 1 rings (SSSR count). The van der Waals surface area contributed by atoms with Crippen LogP contribution in [-0.4, -0.2) is 25.4 Å². The molecule has 96 valence electrons. The van der Waals surface area contributed by atoms with E-state index >= 15 is 0 Å². The summed E-state index contributed by atoms with van der Waals surface area (Å²) >= 11 is 0. The number of aliphatic hydroxyl groups excluding tert-OH is 1. The van der Waals surface area contributed by atoms with Crippen molar-refractivity contribution in [3.63, 3.8) is 0 Å². The zero-order valence-corrected chi connectivity index (χ0v) is 11.2. The van der Waals surface area contributed by atoms with Crippen LogP contribution in [0, 0.1) is 12.3 Å². The molecule has 1 aromatic carbocycles. The number of aliphatic hydroxyl groups is 1. The third-order valence-corrected chi connectivity index (χ3v) is 3.39. The lowest BCUT2D eigenvalue weighted by atomic mass is 9.88. The number of benzene rings is 1. The van der Waals surface area contributed by atoms with E-state index in [4.69, 9.17) is 4.74 Å². The summed E-state index contributed by atoms with van der Waals surface area (Å²) in [7, 11) is 1.67. The van der Waals surface area contributed by atoms with E-state index in [-0.39, 0.29) is 12.0 Å². The van der Waals surface area contributed by atoms with E-state index in [2.05, 4.69) is 26.1 Å². The van der Waals surface area contributed by atoms with Crippen LogP contribution in [0.3, 0.4) is 0 Å².